The van der Waals surface area contributed by atoms with Crippen molar-refractivity contribution < 1.29 is 4.79 Å². The minimum atomic E-state index is -0.792. The molecule has 0 saturated carbocycles. The fourth-order valence-corrected chi connectivity index (χ4v) is 2.18. The van der Waals surface area contributed by atoms with Crippen LogP contribution in [0.1, 0.15) is 31.7 Å². The zero-order valence-electron chi connectivity index (χ0n) is 9.85. The first kappa shape index (κ1) is 14.8. The third-order valence-corrected chi connectivity index (χ3v) is 3.23. The second-order valence-corrected chi connectivity index (χ2v) is 6.53. The Morgan fingerprint density at radius 1 is 1.41 bits per heavy atom. The molecule has 0 aliphatic carbocycles. The molecule has 0 fully saturated rings. The maximum atomic E-state index is 11.9. The van der Waals surface area contributed by atoms with Crippen molar-refractivity contribution in [3.8, 4) is 0 Å². The second-order valence-electron chi connectivity index (χ2n) is 4.77. The van der Waals surface area contributed by atoms with Gasteiger partial charge in [-0.15, -0.1) is 11.6 Å². The Labute approximate surface area is 120 Å². The predicted octanol–water partition coefficient (Wildman–Crippen LogP) is 4.30. The molecule has 0 aliphatic heterocycles. The van der Waals surface area contributed by atoms with E-state index < -0.39 is 5.38 Å². The van der Waals surface area contributed by atoms with Crippen LogP contribution < -0.4 is 5.32 Å². The van der Waals surface area contributed by atoms with E-state index in [4.69, 9.17) is 23.2 Å². The topological polar surface area (TPSA) is 29.1 Å². The third kappa shape index (κ3) is 4.49. The van der Waals surface area contributed by atoms with Gasteiger partial charge in [-0.25, -0.2) is 0 Å². The first-order valence-electron chi connectivity index (χ1n) is 5.12. The highest BCUT2D eigenvalue weighted by molar-refractivity contribution is 9.10. The number of rotatable bonds is 2. The summed E-state index contributed by atoms with van der Waals surface area (Å²) in [7, 11) is 0. The van der Waals surface area contributed by atoms with Crippen LogP contribution >= 0.6 is 39.1 Å². The smallest absolute Gasteiger partial charge is 0.243 e. The lowest BCUT2D eigenvalue weighted by atomic mass is 10.1. The van der Waals surface area contributed by atoms with Crippen molar-refractivity contribution in [2.24, 2.45) is 0 Å². The Morgan fingerprint density at radius 2 is 2.00 bits per heavy atom. The summed E-state index contributed by atoms with van der Waals surface area (Å²) < 4.78 is 0.839. The molecular formula is C12H14BrCl2NO. The average Bonchev–Trinajstić information content (AvgIpc) is 2.18. The number of alkyl halides is 1. The van der Waals surface area contributed by atoms with Gasteiger partial charge in [-0.3, -0.25) is 4.79 Å². The summed E-state index contributed by atoms with van der Waals surface area (Å²) in [6, 6.07) is 5.26. The molecule has 1 unspecified atom stereocenters. The Kier molecular flexibility index (Phi) is 4.87. The molecule has 1 amide bonds. The minimum Gasteiger partial charge on any atom is -0.350 e. The molecule has 1 aromatic rings. The lowest BCUT2D eigenvalue weighted by molar-refractivity contribution is -0.122. The van der Waals surface area contributed by atoms with Gasteiger partial charge in [0.15, 0.2) is 0 Å². The first-order chi connectivity index (χ1) is 7.70. The maximum Gasteiger partial charge on any atom is 0.243 e. The van der Waals surface area contributed by atoms with Crippen LogP contribution in [0.2, 0.25) is 5.02 Å². The van der Waals surface area contributed by atoms with Gasteiger partial charge in [0, 0.05) is 15.0 Å². The molecule has 0 aliphatic rings. The molecule has 0 bridgehead atoms. The van der Waals surface area contributed by atoms with E-state index in [1.165, 1.54) is 0 Å². The fourth-order valence-electron chi connectivity index (χ4n) is 1.28. The molecule has 0 heterocycles. The number of hydrogen-bond acceptors (Lipinski definition) is 1. The molecule has 0 aromatic heterocycles. The van der Waals surface area contributed by atoms with Crippen molar-refractivity contribution in [2.45, 2.75) is 31.7 Å². The zero-order valence-corrected chi connectivity index (χ0v) is 12.9. The molecule has 0 spiro atoms. The molecule has 0 radical (unpaired) electrons. The van der Waals surface area contributed by atoms with Crippen molar-refractivity contribution in [1.29, 1.82) is 0 Å². The van der Waals surface area contributed by atoms with Crippen LogP contribution in [0, 0.1) is 0 Å². The van der Waals surface area contributed by atoms with Gasteiger partial charge in [0.1, 0.15) is 5.38 Å². The Balaban J connectivity index is 2.92. The summed E-state index contributed by atoms with van der Waals surface area (Å²) in [6.45, 7) is 5.70. The number of halogens is 3. The van der Waals surface area contributed by atoms with E-state index >= 15 is 0 Å². The molecule has 1 rings (SSSR count). The van der Waals surface area contributed by atoms with Crippen molar-refractivity contribution in [3.63, 3.8) is 0 Å². The van der Waals surface area contributed by atoms with E-state index in [1.807, 2.05) is 20.8 Å². The predicted molar refractivity (Wildman–Crippen MR) is 75.6 cm³/mol. The number of benzene rings is 1. The molecule has 1 atom stereocenters. The number of amides is 1. The highest BCUT2D eigenvalue weighted by Crippen LogP contribution is 2.31. The maximum absolute atomic E-state index is 11.9. The van der Waals surface area contributed by atoms with Crippen LogP contribution in [-0.4, -0.2) is 11.4 Å². The SMILES string of the molecule is CC(C)(C)NC(=O)C(Cl)c1cc(Br)ccc1Cl. The Morgan fingerprint density at radius 3 is 2.53 bits per heavy atom. The molecule has 0 saturated heterocycles. The second kappa shape index (κ2) is 5.59. The Hall–Kier alpha value is -0.250. The van der Waals surface area contributed by atoms with Crippen LogP contribution in [0.5, 0.6) is 0 Å². The largest absolute Gasteiger partial charge is 0.350 e. The zero-order chi connectivity index (χ0) is 13.2. The van der Waals surface area contributed by atoms with Gasteiger partial charge in [0.25, 0.3) is 0 Å². The van der Waals surface area contributed by atoms with Crippen molar-refractivity contribution in [1.82, 2.24) is 5.32 Å². The molecule has 2 nitrogen and oxygen atoms in total. The third-order valence-electron chi connectivity index (χ3n) is 1.96. The van der Waals surface area contributed by atoms with E-state index in [-0.39, 0.29) is 11.4 Å². The summed E-state index contributed by atoms with van der Waals surface area (Å²) in [5.41, 5.74) is 0.285. The molecule has 1 N–H and O–H groups in total. The van der Waals surface area contributed by atoms with Crippen LogP contribution in [0.15, 0.2) is 22.7 Å². The number of carbonyl (C=O) groups excluding carboxylic acids is 1. The number of carbonyl (C=O) groups is 1. The van der Waals surface area contributed by atoms with E-state index in [9.17, 15) is 4.79 Å². The summed E-state index contributed by atoms with van der Waals surface area (Å²) in [5, 5.41) is 2.51. The highest BCUT2D eigenvalue weighted by atomic mass is 79.9. The molecule has 5 heteroatoms. The molecule has 94 valence electrons. The van der Waals surface area contributed by atoms with Gasteiger partial charge < -0.3 is 5.32 Å². The monoisotopic (exact) mass is 337 g/mol. The summed E-state index contributed by atoms with van der Waals surface area (Å²) in [4.78, 5) is 11.9. The van der Waals surface area contributed by atoms with Crippen LogP contribution in [0.3, 0.4) is 0 Å². The Bertz CT molecular complexity index is 429. The minimum absolute atomic E-state index is 0.251. The number of hydrogen-bond donors (Lipinski definition) is 1. The van der Waals surface area contributed by atoms with Gasteiger partial charge in [-0.2, -0.15) is 0 Å². The normalized spacial score (nSPS) is 13.3. The molecular weight excluding hydrogens is 325 g/mol. The van der Waals surface area contributed by atoms with E-state index in [0.29, 0.717) is 10.6 Å². The molecule has 1 aromatic carbocycles. The lowest BCUT2D eigenvalue weighted by Crippen LogP contribution is -2.42. The highest BCUT2D eigenvalue weighted by Gasteiger charge is 2.24. The quantitative estimate of drug-likeness (QED) is 0.800. The fraction of sp³-hybridized carbons (Fsp3) is 0.417. The van der Waals surface area contributed by atoms with Crippen LogP contribution in [-0.2, 0) is 4.79 Å². The van der Waals surface area contributed by atoms with Crippen molar-refractivity contribution in [3.05, 3.63) is 33.3 Å². The van der Waals surface area contributed by atoms with Gasteiger partial charge in [0.2, 0.25) is 5.91 Å². The van der Waals surface area contributed by atoms with Crippen LogP contribution in [0.4, 0.5) is 0 Å². The van der Waals surface area contributed by atoms with E-state index in [1.54, 1.807) is 18.2 Å². The van der Waals surface area contributed by atoms with Crippen LogP contribution in [0.25, 0.3) is 0 Å². The van der Waals surface area contributed by atoms with Gasteiger partial charge >= 0.3 is 0 Å². The number of nitrogens with one attached hydrogen (secondary N) is 1. The molecule has 17 heavy (non-hydrogen) atoms. The standard InChI is InChI=1S/C12H14BrCl2NO/c1-12(2,3)16-11(17)10(15)8-6-7(13)4-5-9(8)14/h4-6,10H,1-3H3,(H,16,17). The van der Waals surface area contributed by atoms with Gasteiger partial charge in [0.05, 0.1) is 0 Å². The van der Waals surface area contributed by atoms with E-state index in [2.05, 4.69) is 21.2 Å². The van der Waals surface area contributed by atoms with Gasteiger partial charge in [-0.1, -0.05) is 27.5 Å². The van der Waals surface area contributed by atoms with Crippen molar-refractivity contribution >= 4 is 45.0 Å². The lowest BCUT2D eigenvalue weighted by Gasteiger charge is -2.23. The summed E-state index contributed by atoms with van der Waals surface area (Å²) >= 11 is 15.5. The van der Waals surface area contributed by atoms with E-state index in [0.717, 1.165) is 4.47 Å². The summed E-state index contributed by atoms with van der Waals surface area (Å²) in [6.07, 6.45) is 0. The summed E-state index contributed by atoms with van der Waals surface area (Å²) in [5.74, 6) is -0.251. The first-order valence-corrected chi connectivity index (χ1v) is 6.72. The average molecular weight is 339 g/mol. The van der Waals surface area contributed by atoms with Gasteiger partial charge in [-0.05, 0) is 44.5 Å². The van der Waals surface area contributed by atoms with Crippen molar-refractivity contribution in [2.75, 3.05) is 0 Å².